The number of rotatable bonds is 1. The molecule has 1 aromatic heterocycles. The van der Waals surface area contributed by atoms with Gasteiger partial charge in [-0.15, -0.1) is 0 Å². The monoisotopic (exact) mass is 396 g/mol. The first kappa shape index (κ1) is 21.9. The van der Waals surface area contributed by atoms with Crippen LogP contribution >= 0.6 is 0 Å². The van der Waals surface area contributed by atoms with Crippen molar-refractivity contribution in [1.82, 2.24) is 20.9 Å². The van der Waals surface area contributed by atoms with Crippen molar-refractivity contribution < 1.29 is 4.74 Å². The maximum Gasteiger partial charge on any atom is 0.0662 e. The number of morpholine rings is 1. The zero-order valence-corrected chi connectivity index (χ0v) is 18.0. The van der Waals surface area contributed by atoms with E-state index in [0.717, 1.165) is 39.3 Å². The van der Waals surface area contributed by atoms with Gasteiger partial charge in [0.05, 0.1) is 19.3 Å². The van der Waals surface area contributed by atoms with Crippen molar-refractivity contribution in [1.29, 1.82) is 0 Å². The van der Waals surface area contributed by atoms with E-state index in [0.29, 0.717) is 6.04 Å². The summed E-state index contributed by atoms with van der Waals surface area (Å²) in [6, 6.07) is 11.3. The van der Waals surface area contributed by atoms with E-state index < -0.39 is 0 Å². The number of hydrogen-bond acceptors (Lipinski definition) is 5. The number of pyridine rings is 1. The highest BCUT2D eigenvalue weighted by Gasteiger charge is 2.21. The standard InChI is InChI=1S/C13H18N2O.C9H11N.C2H7N/c1-2-10-8-14-5-4-11(10)12(3-1)13-9-16-7-6-15-13;1-2-6-9-8(4-1)5-3-7-10-9;1-3-2/h1-3,13-15H,4-9H2;3,5,7H,1-2,4,6H2;3H,1-2H3. The third-order valence-corrected chi connectivity index (χ3v) is 5.57. The van der Waals surface area contributed by atoms with Crippen LogP contribution in [0.1, 0.15) is 46.8 Å². The molecule has 0 radical (unpaired) electrons. The zero-order valence-electron chi connectivity index (χ0n) is 18.0. The van der Waals surface area contributed by atoms with Crippen LogP contribution in [0.25, 0.3) is 0 Å². The van der Waals surface area contributed by atoms with Crippen LogP contribution in [0.5, 0.6) is 0 Å². The summed E-state index contributed by atoms with van der Waals surface area (Å²) >= 11 is 0. The maximum atomic E-state index is 5.55. The third-order valence-electron chi connectivity index (χ3n) is 5.57. The molecule has 5 nitrogen and oxygen atoms in total. The molecule has 1 fully saturated rings. The van der Waals surface area contributed by atoms with Gasteiger partial charge in [0.25, 0.3) is 0 Å². The van der Waals surface area contributed by atoms with E-state index in [9.17, 15) is 0 Å². The van der Waals surface area contributed by atoms with Crippen molar-refractivity contribution in [3.63, 3.8) is 0 Å². The van der Waals surface area contributed by atoms with Crippen molar-refractivity contribution in [3.05, 3.63) is 64.5 Å². The van der Waals surface area contributed by atoms with Gasteiger partial charge in [-0.25, -0.2) is 0 Å². The number of ether oxygens (including phenoxy) is 1. The van der Waals surface area contributed by atoms with Gasteiger partial charge in [-0.2, -0.15) is 0 Å². The first-order valence-electron chi connectivity index (χ1n) is 11.0. The Hall–Kier alpha value is -1.79. The van der Waals surface area contributed by atoms with Crippen LogP contribution in [0, 0.1) is 0 Å². The normalized spacial score (nSPS) is 20.1. The number of nitrogens with zero attached hydrogens (tertiary/aromatic N) is 1. The number of aryl methyl sites for hydroxylation is 2. The second kappa shape index (κ2) is 12.0. The fraction of sp³-hybridized carbons (Fsp3) is 0.542. The first-order valence-corrected chi connectivity index (χ1v) is 11.0. The average molecular weight is 397 g/mol. The summed E-state index contributed by atoms with van der Waals surface area (Å²) in [4.78, 5) is 4.32. The third kappa shape index (κ3) is 6.34. The van der Waals surface area contributed by atoms with Gasteiger partial charge in [0.1, 0.15) is 0 Å². The molecule has 29 heavy (non-hydrogen) atoms. The quantitative estimate of drug-likeness (QED) is 0.692. The summed E-state index contributed by atoms with van der Waals surface area (Å²) < 4.78 is 5.55. The van der Waals surface area contributed by atoms with E-state index >= 15 is 0 Å². The molecule has 3 N–H and O–H groups in total. The van der Waals surface area contributed by atoms with Crippen molar-refractivity contribution in [2.75, 3.05) is 40.4 Å². The van der Waals surface area contributed by atoms with Crippen molar-refractivity contribution in [2.45, 2.75) is 44.7 Å². The molecule has 2 aliphatic heterocycles. The molecule has 1 atom stereocenters. The summed E-state index contributed by atoms with van der Waals surface area (Å²) in [5.74, 6) is 0. The lowest BCUT2D eigenvalue weighted by Crippen LogP contribution is -2.36. The second-order valence-electron chi connectivity index (χ2n) is 7.81. The number of fused-ring (bicyclic) bond motifs is 2. The molecule has 0 amide bonds. The number of hydrogen-bond donors (Lipinski definition) is 3. The smallest absolute Gasteiger partial charge is 0.0662 e. The van der Waals surface area contributed by atoms with Gasteiger partial charge in [-0.3, -0.25) is 4.98 Å². The van der Waals surface area contributed by atoms with Gasteiger partial charge in [0, 0.05) is 25.0 Å². The highest BCUT2D eigenvalue weighted by Crippen LogP contribution is 2.25. The molecule has 1 saturated heterocycles. The Kier molecular flexibility index (Phi) is 9.09. The van der Waals surface area contributed by atoms with Crippen molar-refractivity contribution in [3.8, 4) is 0 Å². The predicted molar refractivity (Wildman–Crippen MR) is 119 cm³/mol. The Morgan fingerprint density at radius 1 is 1.00 bits per heavy atom. The van der Waals surface area contributed by atoms with E-state index in [1.165, 1.54) is 53.6 Å². The average Bonchev–Trinajstić information content (AvgIpc) is 2.80. The van der Waals surface area contributed by atoms with Gasteiger partial charge in [0.15, 0.2) is 0 Å². The fourth-order valence-corrected chi connectivity index (χ4v) is 4.19. The van der Waals surface area contributed by atoms with E-state index in [2.05, 4.69) is 45.2 Å². The molecule has 1 aliphatic carbocycles. The highest BCUT2D eigenvalue weighted by atomic mass is 16.5. The van der Waals surface area contributed by atoms with E-state index in [1.54, 1.807) is 0 Å². The molecule has 158 valence electrons. The van der Waals surface area contributed by atoms with Crippen molar-refractivity contribution >= 4 is 0 Å². The van der Waals surface area contributed by atoms with E-state index in [4.69, 9.17) is 4.74 Å². The summed E-state index contributed by atoms with van der Waals surface area (Å²) in [7, 11) is 3.75. The SMILES string of the molecule is CNC.c1cc2c(c(C3COCCN3)c1)CCNC2.c1cnc2c(c1)CCCC2. The number of benzene rings is 1. The molecule has 5 rings (SSSR count). The number of aromatic nitrogens is 1. The minimum Gasteiger partial charge on any atom is -0.378 e. The fourth-order valence-electron chi connectivity index (χ4n) is 4.19. The molecule has 3 aliphatic rings. The lowest BCUT2D eigenvalue weighted by Gasteiger charge is -2.29. The molecule has 1 unspecified atom stereocenters. The van der Waals surface area contributed by atoms with Crippen LogP contribution in [0.4, 0.5) is 0 Å². The molecule has 5 heteroatoms. The Morgan fingerprint density at radius 2 is 1.83 bits per heavy atom. The molecule has 1 aromatic carbocycles. The Balaban J connectivity index is 0.000000158. The lowest BCUT2D eigenvalue weighted by molar-refractivity contribution is 0.0765. The summed E-state index contributed by atoms with van der Waals surface area (Å²) in [5.41, 5.74) is 7.22. The maximum absolute atomic E-state index is 5.55. The Labute approximate surface area is 175 Å². The predicted octanol–water partition coefficient (Wildman–Crippen LogP) is 2.79. The van der Waals surface area contributed by atoms with Crippen LogP contribution < -0.4 is 16.0 Å². The van der Waals surface area contributed by atoms with Crippen LogP contribution in [-0.2, 0) is 30.5 Å². The van der Waals surface area contributed by atoms with Crippen LogP contribution in [-0.4, -0.2) is 45.4 Å². The van der Waals surface area contributed by atoms with Gasteiger partial charge in [-0.1, -0.05) is 24.3 Å². The minimum absolute atomic E-state index is 0.391. The van der Waals surface area contributed by atoms with Gasteiger partial charge < -0.3 is 20.7 Å². The van der Waals surface area contributed by atoms with E-state index in [-0.39, 0.29) is 0 Å². The summed E-state index contributed by atoms with van der Waals surface area (Å²) in [6.45, 7) is 4.72. The lowest BCUT2D eigenvalue weighted by atomic mass is 9.91. The molecule has 3 heterocycles. The highest BCUT2D eigenvalue weighted by molar-refractivity contribution is 5.39. The number of nitrogens with one attached hydrogen (secondary N) is 3. The van der Waals surface area contributed by atoms with Crippen LogP contribution in [0.3, 0.4) is 0 Å². The topological polar surface area (TPSA) is 58.2 Å². The molecular formula is C24H36N4O. The van der Waals surface area contributed by atoms with Crippen LogP contribution in [0.2, 0.25) is 0 Å². The second-order valence-corrected chi connectivity index (χ2v) is 7.81. The van der Waals surface area contributed by atoms with Gasteiger partial charge in [0.2, 0.25) is 0 Å². The molecule has 0 bridgehead atoms. The Morgan fingerprint density at radius 3 is 2.62 bits per heavy atom. The largest absolute Gasteiger partial charge is 0.378 e. The summed E-state index contributed by atoms with van der Waals surface area (Å²) in [6.07, 6.45) is 8.13. The van der Waals surface area contributed by atoms with Crippen LogP contribution in [0.15, 0.2) is 36.5 Å². The molecule has 0 spiro atoms. The molecule has 2 aromatic rings. The first-order chi connectivity index (χ1) is 14.3. The zero-order chi connectivity index (χ0) is 20.3. The minimum atomic E-state index is 0.391. The molecular weight excluding hydrogens is 360 g/mol. The van der Waals surface area contributed by atoms with Gasteiger partial charge >= 0.3 is 0 Å². The molecule has 0 saturated carbocycles. The summed E-state index contributed by atoms with van der Waals surface area (Å²) in [5, 5.41) is 9.71. The Bertz CT molecular complexity index is 718. The van der Waals surface area contributed by atoms with E-state index in [1.807, 2.05) is 26.4 Å². The van der Waals surface area contributed by atoms with Crippen molar-refractivity contribution in [2.24, 2.45) is 0 Å². The van der Waals surface area contributed by atoms with Gasteiger partial charge in [-0.05, 0) is 81.1 Å².